The molecule has 0 bridgehead atoms. The highest BCUT2D eigenvalue weighted by molar-refractivity contribution is 5.80. The van der Waals surface area contributed by atoms with Gasteiger partial charge in [0.2, 0.25) is 0 Å². The third-order valence-corrected chi connectivity index (χ3v) is 4.98. The predicted octanol–water partition coefficient (Wildman–Crippen LogP) is 2.94. The number of carbonyl (C=O) groups is 1. The van der Waals surface area contributed by atoms with E-state index in [1.807, 2.05) is 6.92 Å². The Morgan fingerprint density at radius 1 is 1.24 bits per heavy atom. The van der Waals surface area contributed by atoms with E-state index in [4.69, 9.17) is 0 Å². The van der Waals surface area contributed by atoms with E-state index < -0.39 is 11.5 Å². The van der Waals surface area contributed by atoms with Crippen molar-refractivity contribution in [2.45, 2.75) is 76.8 Å². The van der Waals surface area contributed by atoms with Crippen LogP contribution in [0.4, 0.5) is 0 Å². The largest absolute Gasteiger partial charge is 0.480 e. The van der Waals surface area contributed by atoms with Crippen molar-refractivity contribution in [1.29, 1.82) is 0 Å². The SMILES string of the molecule is CC1(C(C)(NC2CCCCCC2)C(=O)O)CC1. The van der Waals surface area contributed by atoms with Gasteiger partial charge < -0.3 is 5.11 Å². The second kappa shape index (κ2) is 4.60. The van der Waals surface area contributed by atoms with E-state index in [1.165, 1.54) is 25.7 Å². The fraction of sp³-hybridized carbons (Fsp3) is 0.929. The summed E-state index contributed by atoms with van der Waals surface area (Å²) in [4.78, 5) is 11.6. The molecule has 2 aliphatic rings. The lowest BCUT2D eigenvalue weighted by Gasteiger charge is -2.36. The highest BCUT2D eigenvalue weighted by Gasteiger charge is 2.58. The van der Waals surface area contributed by atoms with Gasteiger partial charge in [-0.05, 0) is 38.0 Å². The van der Waals surface area contributed by atoms with Crippen LogP contribution in [-0.4, -0.2) is 22.7 Å². The maximum absolute atomic E-state index is 11.6. The second-order valence-corrected chi connectivity index (χ2v) is 6.32. The molecule has 3 nitrogen and oxygen atoms in total. The van der Waals surface area contributed by atoms with Crippen LogP contribution in [-0.2, 0) is 4.79 Å². The Labute approximate surface area is 104 Å². The van der Waals surface area contributed by atoms with Gasteiger partial charge >= 0.3 is 5.97 Å². The molecule has 0 saturated heterocycles. The minimum atomic E-state index is -0.734. The van der Waals surface area contributed by atoms with Crippen molar-refractivity contribution in [3.05, 3.63) is 0 Å². The average Bonchev–Trinajstić information content (AvgIpc) is 3.04. The molecule has 0 aromatic heterocycles. The van der Waals surface area contributed by atoms with E-state index >= 15 is 0 Å². The molecule has 98 valence electrons. The van der Waals surface area contributed by atoms with Gasteiger partial charge in [-0.1, -0.05) is 32.6 Å². The Balaban J connectivity index is 2.04. The van der Waals surface area contributed by atoms with Gasteiger partial charge in [-0.25, -0.2) is 0 Å². The molecule has 1 unspecified atom stereocenters. The Morgan fingerprint density at radius 2 is 1.76 bits per heavy atom. The molecule has 0 aromatic rings. The minimum absolute atomic E-state index is 0.0366. The molecule has 2 rings (SSSR count). The summed E-state index contributed by atoms with van der Waals surface area (Å²) in [6, 6.07) is 0.399. The normalized spacial score (nSPS) is 28.1. The molecule has 2 fully saturated rings. The van der Waals surface area contributed by atoms with Gasteiger partial charge in [0.05, 0.1) is 0 Å². The number of nitrogens with one attached hydrogen (secondary N) is 1. The lowest BCUT2D eigenvalue weighted by Crippen LogP contribution is -2.58. The van der Waals surface area contributed by atoms with Crippen molar-refractivity contribution in [2.75, 3.05) is 0 Å². The van der Waals surface area contributed by atoms with Crippen molar-refractivity contribution in [3.63, 3.8) is 0 Å². The monoisotopic (exact) mass is 239 g/mol. The number of aliphatic carboxylic acids is 1. The highest BCUT2D eigenvalue weighted by atomic mass is 16.4. The van der Waals surface area contributed by atoms with Gasteiger partial charge in [-0.3, -0.25) is 10.1 Å². The Bertz CT molecular complexity index is 291. The molecule has 0 aliphatic heterocycles. The van der Waals surface area contributed by atoms with E-state index in [-0.39, 0.29) is 5.41 Å². The summed E-state index contributed by atoms with van der Waals surface area (Å²) in [6.07, 6.45) is 9.44. The standard InChI is InChI=1S/C14H25NO2/c1-13(9-10-13)14(2,12(16)17)15-11-7-5-3-4-6-8-11/h11,15H,3-10H2,1-2H3,(H,16,17). The number of hydrogen-bond donors (Lipinski definition) is 2. The number of hydrogen-bond acceptors (Lipinski definition) is 2. The van der Waals surface area contributed by atoms with Gasteiger partial charge in [0.15, 0.2) is 0 Å². The predicted molar refractivity (Wildman–Crippen MR) is 68.0 cm³/mol. The molecule has 2 saturated carbocycles. The Kier molecular flexibility index (Phi) is 3.48. The zero-order chi connectivity index (χ0) is 12.5. The number of carboxylic acids is 1. The lowest BCUT2D eigenvalue weighted by molar-refractivity contribution is -0.147. The van der Waals surface area contributed by atoms with Crippen LogP contribution < -0.4 is 5.32 Å². The number of carboxylic acid groups (broad SMARTS) is 1. The van der Waals surface area contributed by atoms with Gasteiger partial charge in [-0.15, -0.1) is 0 Å². The highest BCUT2D eigenvalue weighted by Crippen LogP contribution is 2.54. The minimum Gasteiger partial charge on any atom is -0.480 e. The summed E-state index contributed by atoms with van der Waals surface area (Å²) in [5.74, 6) is -0.679. The second-order valence-electron chi connectivity index (χ2n) is 6.32. The summed E-state index contributed by atoms with van der Waals surface area (Å²) in [5.41, 5.74) is -0.771. The third kappa shape index (κ3) is 2.49. The van der Waals surface area contributed by atoms with Crippen LogP contribution in [0.2, 0.25) is 0 Å². The molecule has 0 spiro atoms. The number of rotatable bonds is 4. The lowest BCUT2D eigenvalue weighted by atomic mass is 9.82. The zero-order valence-corrected chi connectivity index (χ0v) is 11.1. The van der Waals surface area contributed by atoms with E-state index in [2.05, 4.69) is 12.2 Å². The van der Waals surface area contributed by atoms with Crippen molar-refractivity contribution < 1.29 is 9.90 Å². The average molecular weight is 239 g/mol. The summed E-state index contributed by atoms with van der Waals surface area (Å²) in [7, 11) is 0. The van der Waals surface area contributed by atoms with Crippen LogP contribution in [0.25, 0.3) is 0 Å². The Hall–Kier alpha value is -0.570. The fourth-order valence-electron chi connectivity index (χ4n) is 3.01. The van der Waals surface area contributed by atoms with Gasteiger partial charge in [0.25, 0.3) is 0 Å². The molecule has 0 aromatic carbocycles. The molecular formula is C14H25NO2. The van der Waals surface area contributed by atoms with Crippen LogP contribution in [0, 0.1) is 5.41 Å². The maximum Gasteiger partial charge on any atom is 0.324 e. The van der Waals surface area contributed by atoms with E-state index in [0.29, 0.717) is 6.04 Å². The first-order valence-electron chi connectivity index (χ1n) is 6.99. The maximum atomic E-state index is 11.6. The molecule has 3 heteroatoms. The zero-order valence-electron chi connectivity index (χ0n) is 11.1. The van der Waals surface area contributed by atoms with Crippen LogP contribution in [0.3, 0.4) is 0 Å². The molecule has 2 aliphatic carbocycles. The van der Waals surface area contributed by atoms with Crippen LogP contribution in [0.15, 0.2) is 0 Å². The summed E-state index contributed by atoms with van der Waals surface area (Å²) in [6.45, 7) is 3.98. The topological polar surface area (TPSA) is 49.3 Å². The molecular weight excluding hydrogens is 214 g/mol. The van der Waals surface area contributed by atoms with Crippen molar-refractivity contribution in [2.24, 2.45) is 5.41 Å². The molecule has 0 heterocycles. The smallest absolute Gasteiger partial charge is 0.324 e. The quantitative estimate of drug-likeness (QED) is 0.742. The summed E-state index contributed by atoms with van der Waals surface area (Å²) >= 11 is 0. The third-order valence-electron chi connectivity index (χ3n) is 4.98. The van der Waals surface area contributed by atoms with Gasteiger partial charge in [0, 0.05) is 6.04 Å². The van der Waals surface area contributed by atoms with Crippen molar-refractivity contribution >= 4 is 5.97 Å². The van der Waals surface area contributed by atoms with E-state index in [0.717, 1.165) is 25.7 Å². The Morgan fingerprint density at radius 3 is 2.18 bits per heavy atom. The molecule has 2 N–H and O–H groups in total. The molecule has 0 amide bonds. The first kappa shape index (κ1) is 12.9. The van der Waals surface area contributed by atoms with E-state index in [1.54, 1.807) is 0 Å². The summed E-state index contributed by atoms with van der Waals surface area (Å²) in [5, 5.41) is 13.0. The van der Waals surface area contributed by atoms with Crippen molar-refractivity contribution in [1.82, 2.24) is 5.32 Å². The van der Waals surface area contributed by atoms with Crippen LogP contribution in [0.1, 0.15) is 65.2 Å². The fourth-order valence-corrected chi connectivity index (χ4v) is 3.01. The van der Waals surface area contributed by atoms with Crippen LogP contribution >= 0.6 is 0 Å². The first-order valence-corrected chi connectivity index (χ1v) is 6.99. The van der Waals surface area contributed by atoms with Crippen LogP contribution in [0.5, 0.6) is 0 Å². The molecule has 0 radical (unpaired) electrons. The summed E-state index contributed by atoms with van der Waals surface area (Å²) < 4.78 is 0. The first-order chi connectivity index (χ1) is 7.98. The van der Waals surface area contributed by atoms with Crippen molar-refractivity contribution in [3.8, 4) is 0 Å². The van der Waals surface area contributed by atoms with Gasteiger partial charge in [0.1, 0.15) is 5.54 Å². The van der Waals surface area contributed by atoms with E-state index in [9.17, 15) is 9.90 Å². The molecule has 1 atom stereocenters. The molecule has 17 heavy (non-hydrogen) atoms. The van der Waals surface area contributed by atoms with Gasteiger partial charge in [-0.2, -0.15) is 0 Å².